The summed E-state index contributed by atoms with van der Waals surface area (Å²) in [6.45, 7) is 3.96. The fourth-order valence-electron chi connectivity index (χ4n) is 2.05. The maximum Gasteiger partial charge on any atom is 0.258 e. The average Bonchev–Trinajstić information content (AvgIpc) is 2.41. The van der Waals surface area contributed by atoms with Crippen LogP contribution in [0.3, 0.4) is 0 Å². The first kappa shape index (κ1) is 13.9. The monoisotopic (exact) mass is 269 g/mol. The number of hydrogen-bond acceptors (Lipinski definition) is 3. The van der Waals surface area contributed by atoms with Gasteiger partial charge in [0.15, 0.2) is 0 Å². The lowest BCUT2D eigenvalue weighted by atomic mass is 10.1. The van der Waals surface area contributed by atoms with Gasteiger partial charge < -0.3 is 16.4 Å². The number of anilines is 3. The Morgan fingerprint density at radius 2 is 1.35 bits per heavy atom. The molecular formula is C16H19N3O. The maximum absolute atomic E-state index is 12.6. The second-order valence-electron chi connectivity index (χ2n) is 4.98. The minimum atomic E-state index is -0.0511. The summed E-state index contributed by atoms with van der Waals surface area (Å²) in [5.41, 5.74) is 14.1. The molecule has 0 aromatic heterocycles. The molecule has 0 radical (unpaired) electrons. The third kappa shape index (κ3) is 2.91. The van der Waals surface area contributed by atoms with Crippen LogP contribution in [0.2, 0.25) is 0 Å². The summed E-state index contributed by atoms with van der Waals surface area (Å²) in [6.07, 6.45) is 0. The van der Waals surface area contributed by atoms with E-state index in [2.05, 4.69) is 0 Å². The molecule has 2 aromatic carbocycles. The van der Waals surface area contributed by atoms with Crippen molar-refractivity contribution in [1.29, 1.82) is 0 Å². The topological polar surface area (TPSA) is 72.3 Å². The Bertz CT molecular complexity index is 588. The predicted molar refractivity (Wildman–Crippen MR) is 83.7 cm³/mol. The van der Waals surface area contributed by atoms with Crippen LogP contribution < -0.4 is 16.4 Å². The summed E-state index contributed by atoms with van der Waals surface area (Å²) in [7, 11) is 0. The summed E-state index contributed by atoms with van der Waals surface area (Å²) in [5.74, 6) is -0.0511. The minimum absolute atomic E-state index is 0.0451. The van der Waals surface area contributed by atoms with E-state index >= 15 is 0 Å². The lowest BCUT2D eigenvalue weighted by Gasteiger charge is -2.27. The highest BCUT2D eigenvalue weighted by Crippen LogP contribution is 2.21. The Morgan fingerprint density at radius 3 is 1.80 bits per heavy atom. The standard InChI is InChI=1S/C16H19N3O/c1-11(2)19(15-9-7-14(18)8-10-15)16(20)12-3-5-13(17)6-4-12/h3-11H,17-18H2,1-2H3. The smallest absolute Gasteiger partial charge is 0.258 e. The Labute approximate surface area is 119 Å². The van der Waals surface area contributed by atoms with Gasteiger partial charge in [-0.15, -0.1) is 0 Å². The van der Waals surface area contributed by atoms with E-state index in [1.54, 1.807) is 41.3 Å². The van der Waals surface area contributed by atoms with Gasteiger partial charge in [-0.05, 0) is 62.4 Å². The fraction of sp³-hybridized carbons (Fsp3) is 0.188. The van der Waals surface area contributed by atoms with E-state index in [0.29, 0.717) is 16.9 Å². The third-order valence-corrected chi connectivity index (χ3v) is 3.06. The molecular weight excluding hydrogens is 250 g/mol. The molecule has 4 heteroatoms. The van der Waals surface area contributed by atoms with Crippen molar-refractivity contribution in [2.45, 2.75) is 19.9 Å². The first-order valence-corrected chi connectivity index (χ1v) is 6.53. The van der Waals surface area contributed by atoms with Crippen molar-refractivity contribution in [3.05, 3.63) is 54.1 Å². The molecule has 4 N–H and O–H groups in total. The molecule has 0 fully saturated rings. The number of carbonyl (C=O) groups excluding carboxylic acids is 1. The van der Waals surface area contributed by atoms with Crippen LogP contribution >= 0.6 is 0 Å². The van der Waals surface area contributed by atoms with Gasteiger partial charge in [-0.3, -0.25) is 4.79 Å². The van der Waals surface area contributed by atoms with Crippen molar-refractivity contribution in [2.24, 2.45) is 0 Å². The summed E-state index contributed by atoms with van der Waals surface area (Å²) in [5, 5.41) is 0. The second-order valence-corrected chi connectivity index (χ2v) is 4.98. The number of nitrogen functional groups attached to an aromatic ring is 2. The lowest BCUT2D eigenvalue weighted by molar-refractivity contribution is 0.0980. The van der Waals surface area contributed by atoms with E-state index in [-0.39, 0.29) is 11.9 Å². The van der Waals surface area contributed by atoms with Crippen LogP contribution in [0.25, 0.3) is 0 Å². The maximum atomic E-state index is 12.6. The molecule has 0 saturated carbocycles. The number of hydrogen-bond donors (Lipinski definition) is 2. The molecule has 1 amide bonds. The summed E-state index contributed by atoms with van der Waals surface area (Å²) < 4.78 is 0. The van der Waals surface area contributed by atoms with Crippen LogP contribution in [0.5, 0.6) is 0 Å². The highest BCUT2D eigenvalue weighted by Gasteiger charge is 2.20. The van der Waals surface area contributed by atoms with E-state index in [9.17, 15) is 4.79 Å². The quantitative estimate of drug-likeness (QED) is 0.841. The first-order chi connectivity index (χ1) is 9.49. The van der Waals surface area contributed by atoms with Crippen LogP contribution in [0, 0.1) is 0 Å². The Hall–Kier alpha value is -2.49. The molecule has 2 rings (SSSR count). The molecule has 20 heavy (non-hydrogen) atoms. The van der Waals surface area contributed by atoms with Crippen molar-refractivity contribution >= 4 is 23.0 Å². The van der Waals surface area contributed by atoms with E-state index in [0.717, 1.165) is 5.69 Å². The number of amides is 1. The molecule has 0 atom stereocenters. The molecule has 0 spiro atoms. The highest BCUT2D eigenvalue weighted by atomic mass is 16.2. The van der Waals surface area contributed by atoms with Gasteiger partial charge in [0, 0.05) is 28.7 Å². The average molecular weight is 269 g/mol. The van der Waals surface area contributed by atoms with Gasteiger partial charge in [0.2, 0.25) is 0 Å². The van der Waals surface area contributed by atoms with Crippen LogP contribution in [-0.2, 0) is 0 Å². The van der Waals surface area contributed by atoms with Crippen LogP contribution in [0.4, 0.5) is 17.1 Å². The Kier molecular flexibility index (Phi) is 3.94. The molecule has 0 bridgehead atoms. The molecule has 2 aromatic rings. The van der Waals surface area contributed by atoms with Crippen molar-refractivity contribution < 1.29 is 4.79 Å². The number of rotatable bonds is 3. The van der Waals surface area contributed by atoms with E-state index in [1.165, 1.54) is 0 Å². The Morgan fingerprint density at radius 1 is 0.900 bits per heavy atom. The third-order valence-electron chi connectivity index (χ3n) is 3.06. The van der Waals surface area contributed by atoms with Gasteiger partial charge in [-0.2, -0.15) is 0 Å². The van der Waals surface area contributed by atoms with Gasteiger partial charge in [-0.25, -0.2) is 0 Å². The normalized spacial score (nSPS) is 10.6. The van der Waals surface area contributed by atoms with E-state index < -0.39 is 0 Å². The van der Waals surface area contributed by atoms with Crippen LogP contribution in [0.1, 0.15) is 24.2 Å². The molecule has 0 aliphatic carbocycles. The van der Waals surface area contributed by atoms with Crippen molar-refractivity contribution in [1.82, 2.24) is 0 Å². The SMILES string of the molecule is CC(C)N(C(=O)c1ccc(N)cc1)c1ccc(N)cc1. The van der Waals surface area contributed by atoms with E-state index in [1.807, 2.05) is 26.0 Å². The van der Waals surface area contributed by atoms with Crippen LogP contribution in [-0.4, -0.2) is 11.9 Å². The number of benzene rings is 2. The van der Waals surface area contributed by atoms with Crippen molar-refractivity contribution in [3.8, 4) is 0 Å². The minimum Gasteiger partial charge on any atom is -0.399 e. The zero-order valence-electron chi connectivity index (χ0n) is 11.7. The number of carbonyl (C=O) groups is 1. The molecule has 0 heterocycles. The second kappa shape index (κ2) is 5.65. The van der Waals surface area contributed by atoms with Gasteiger partial charge >= 0.3 is 0 Å². The van der Waals surface area contributed by atoms with Crippen LogP contribution in [0.15, 0.2) is 48.5 Å². The Balaban J connectivity index is 2.35. The lowest BCUT2D eigenvalue weighted by Crippen LogP contribution is -2.37. The van der Waals surface area contributed by atoms with Gasteiger partial charge in [0.1, 0.15) is 0 Å². The first-order valence-electron chi connectivity index (χ1n) is 6.53. The van der Waals surface area contributed by atoms with Crippen molar-refractivity contribution in [3.63, 3.8) is 0 Å². The molecule has 0 aliphatic rings. The van der Waals surface area contributed by atoms with E-state index in [4.69, 9.17) is 11.5 Å². The summed E-state index contributed by atoms with van der Waals surface area (Å²) in [4.78, 5) is 14.4. The predicted octanol–water partition coefficient (Wildman–Crippen LogP) is 2.91. The zero-order chi connectivity index (χ0) is 14.7. The van der Waals surface area contributed by atoms with Gasteiger partial charge in [0.25, 0.3) is 5.91 Å². The zero-order valence-corrected chi connectivity index (χ0v) is 11.7. The summed E-state index contributed by atoms with van der Waals surface area (Å²) >= 11 is 0. The number of nitrogens with zero attached hydrogens (tertiary/aromatic N) is 1. The molecule has 0 aliphatic heterocycles. The molecule has 0 unspecified atom stereocenters. The summed E-state index contributed by atoms with van der Waals surface area (Å²) in [6, 6.07) is 14.3. The van der Waals surface area contributed by atoms with Gasteiger partial charge in [0.05, 0.1) is 0 Å². The highest BCUT2D eigenvalue weighted by molar-refractivity contribution is 6.06. The fourth-order valence-corrected chi connectivity index (χ4v) is 2.05. The molecule has 0 saturated heterocycles. The number of nitrogens with two attached hydrogens (primary N) is 2. The van der Waals surface area contributed by atoms with Crippen molar-refractivity contribution in [2.75, 3.05) is 16.4 Å². The largest absolute Gasteiger partial charge is 0.399 e. The van der Waals surface area contributed by atoms with Gasteiger partial charge in [-0.1, -0.05) is 0 Å². The molecule has 104 valence electrons. The molecule has 4 nitrogen and oxygen atoms in total.